The molecule has 1 rings (SSSR count). The molecular formula is C18H38N2. The molecule has 2 nitrogen and oxygen atoms in total. The minimum atomic E-state index is 0.733. The number of nitrogens with one attached hydrogen (secondary N) is 2. The third-order valence-electron chi connectivity index (χ3n) is 4.64. The summed E-state index contributed by atoms with van der Waals surface area (Å²) in [6.45, 7) is 7.01. The van der Waals surface area contributed by atoms with Crippen LogP contribution in [0.1, 0.15) is 90.9 Å². The van der Waals surface area contributed by atoms with Crippen LogP contribution in [-0.2, 0) is 0 Å². The summed E-state index contributed by atoms with van der Waals surface area (Å²) in [5, 5.41) is 7.64. The highest BCUT2D eigenvalue weighted by Gasteiger charge is 2.23. The SMILES string of the molecule is CCCCCCNC1CCCCC1NCCCCCC. The fraction of sp³-hybridized carbons (Fsp3) is 1.00. The maximum Gasteiger partial charge on any atom is 0.0221 e. The highest BCUT2D eigenvalue weighted by atomic mass is 15.0. The first-order valence-electron chi connectivity index (χ1n) is 9.35. The minimum Gasteiger partial charge on any atom is -0.312 e. The topological polar surface area (TPSA) is 24.1 Å². The maximum atomic E-state index is 3.82. The summed E-state index contributed by atoms with van der Waals surface area (Å²) >= 11 is 0. The third-order valence-corrected chi connectivity index (χ3v) is 4.64. The van der Waals surface area contributed by atoms with Gasteiger partial charge in [0.25, 0.3) is 0 Å². The molecule has 2 N–H and O–H groups in total. The van der Waals surface area contributed by atoms with Crippen molar-refractivity contribution < 1.29 is 0 Å². The van der Waals surface area contributed by atoms with Gasteiger partial charge in [-0.2, -0.15) is 0 Å². The molecule has 2 heteroatoms. The van der Waals surface area contributed by atoms with Crippen molar-refractivity contribution in [3.63, 3.8) is 0 Å². The summed E-state index contributed by atoms with van der Waals surface area (Å²) in [7, 11) is 0. The lowest BCUT2D eigenvalue weighted by Crippen LogP contribution is -2.50. The predicted octanol–water partition coefficient (Wildman–Crippen LogP) is 4.64. The first kappa shape index (κ1) is 18.0. The second kappa shape index (κ2) is 12.6. The molecule has 0 aromatic heterocycles. The van der Waals surface area contributed by atoms with E-state index in [2.05, 4.69) is 24.5 Å². The molecule has 0 aromatic carbocycles. The first-order chi connectivity index (χ1) is 9.88. The quantitative estimate of drug-likeness (QED) is 0.510. The molecule has 20 heavy (non-hydrogen) atoms. The zero-order chi connectivity index (χ0) is 14.5. The Morgan fingerprint density at radius 3 is 1.50 bits per heavy atom. The van der Waals surface area contributed by atoms with E-state index >= 15 is 0 Å². The van der Waals surface area contributed by atoms with Gasteiger partial charge in [0.05, 0.1) is 0 Å². The van der Waals surface area contributed by atoms with Crippen molar-refractivity contribution in [1.82, 2.24) is 10.6 Å². The number of unbranched alkanes of at least 4 members (excludes halogenated alkanes) is 6. The van der Waals surface area contributed by atoms with Gasteiger partial charge in [-0.05, 0) is 38.8 Å². The summed E-state index contributed by atoms with van der Waals surface area (Å²) in [4.78, 5) is 0. The normalized spacial score (nSPS) is 23.1. The second-order valence-electron chi connectivity index (χ2n) is 6.53. The van der Waals surface area contributed by atoms with E-state index < -0.39 is 0 Å². The summed E-state index contributed by atoms with van der Waals surface area (Å²) in [5.74, 6) is 0. The Labute approximate surface area is 127 Å². The van der Waals surface area contributed by atoms with Crippen LogP contribution < -0.4 is 10.6 Å². The lowest BCUT2D eigenvalue weighted by atomic mass is 9.90. The van der Waals surface area contributed by atoms with Gasteiger partial charge in [-0.25, -0.2) is 0 Å². The molecule has 0 amide bonds. The van der Waals surface area contributed by atoms with Crippen molar-refractivity contribution in [1.29, 1.82) is 0 Å². The molecule has 1 fully saturated rings. The Hall–Kier alpha value is -0.0800. The molecular weight excluding hydrogens is 244 g/mol. The van der Waals surface area contributed by atoms with Gasteiger partial charge in [-0.15, -0.1) is 0 Å². The van der Waals surface area contributed by atoms with Crippen molar-refractivity contribution in [2.45, 2.75) is 103 Å². The first-order valence-corrected chi connectivity index (χ1v) is 9.35. The van der Waals surface area contributed by atoms with Crippen LogP contribution in [0, 0.1) is 0 Å². The van der Waals surface area contributed by atoms with E-state index in [1.807, 2.05) is 0 Å². The van der Waals surface area contributed by atoms with Crippen LogP contribution in [-0.4, -0.2) is 25.2 Å². The second-order valence-corrected chi connectivity index (χ2v) is 6.53. The van der Waals surface area contributed by atoms with E-state index in [-0.39, 0.29) is 0 Å². The molecule has 2 atom stereocenters. The van der Waals surface area contributed by atoms with E-state index in [4.69, 9.17) is 0 Å². The number of rotatable bonds is 12. The van der Waals surface area contributed by atoms with Crippen LogP contribution in [0.15, 0.2) is 0 Å². The smallest absolute Gasteiger partial charge is 0.0221 e. The average Bonchev–Trinajstić information content (AvgIpc) is 2.48. The molecule has 1 aliphatic rings. The van der Waals surface area contributed by atoms with E-state index in [0.29, 0.717) is 0 Å². The molecule has 0 heterocycles. The Morgan fingerprint density at radius 2 is 1.10 bits per heavy atom. The highest BCUT2D eigenvalue weighted by molar-refractivity contribution is 4.86. The lowest BCUT2D eigenvalue weighted by molar-refractivity contribution is 0.281. The Kier molecular flexibility index (Phi) is 11.4. The van der Waals surface area contributed by atoms with Gasteiger partial charge < -0.3 is 10.6 Å². The Balaban J connectivity index is 2.10. The summed E-state index contributed by atoms with van der Waals surface area (Å²) < 4.78 is 0. The van der Waals surface area contributed by atoms with Gasteiger partial charge in [-0.3, -0.25) is 0 Å². The number of hydrogen-bond acceptors (Lipinski definition) is 2. The predicted molar refractivity (Wildman–Crippen MR) is 90.3 cm³/mol. The summed E-state index contributed by atoms with van der Waals surface area (Å²) in [6.07, 6.45) is 16.5. The van der Waals surface area contributed by atoms with Gasteiger partial charge in [0.15, 0.2) is 0 Å². The van der Waals surface area contributed by atoms with Crippen molar-refractivity contribution in [2.24, 2.45) is 0 Å². The van der Waals surface area contributed by atoms with Crippen molar-refractivity contribution >= 4 is 0 Å². The van der Waals surface area contributed by atoms with Crippen LogP contribution in [0.3, 0.4) is 0 Å². The summed E-state index contributed by atoms with van der Waals surface area (Å²) in [5.41, 5.74) is 0. The third kappa shape index (κ3) is 8.26. The minimum absolute atomic E-state index is 0.733. The average molecular weight is 283 g/mol. The van der Waals surface area contributed by atoms with Gasteiger partial charge >= 0.3 is 0 Å². The molecule has 0 radical (unpaired) electrons. The largest absolute Gasteiger partial charge is 0.312 e. The van der Waals surface area contributed by atoms with Gasteiger partial charge in [0, 0.05) is 12.1 Å². The molecule has 0 saturated heterocycles. The van der Waals surface area contributed by atoms with E-state index in [0.717, 1.165) is 12.1 Å². The van der Waals surface area contributed by atoms with Gasteiger partial charge in [-0.1, -0.05) is 65.2 Å². The monoisotopic (exact) mass is 282 g/mol. The summed E-state index contributed by atoms with van der Waals surface area (Å²) in [6, 6.07) is 1.47. The fourth-order valence-corrected chi connectivity index (χ4v) is 3.30. The maximum absolute atomic E-state index is 3.82. The Bertz CT molecular complexity index is 184. The standard InChI is InChI=1S/C18H38N2/c1-3-5-7-11-15-19-17-13-9-10-14-18(17)20-16-12-8-6-4-2/h17-20H,3-16H2,1-2H3. The highest BCUT2D eigenvalue weighted by Crippen LogP contribution is 2.19. The van der Waals surface area contributed by atoms with Crippen LogP contribution >= 0.6 is 0 Å². The zero-order valence-corrected chi connectivity index (χ0v) is 14.1. The van der Waals surface area contributed by atoms with E-state index in [1.165, 1.54) is 90.1 Å². The zero-order valence-electron chi connectivity index (χ0n) is 14.1. The molecule has 120 valence electrons. The van der Waals surface area contributed by atoms with Gasteiger partial charge in [0.2, 0.25) is 0 Å². The van der Waals surface area contributed by atoms with Gasteiger partial charge in [0.1, 0.15) is 0 Å². The van der Waals surface area contributed by atoms with E-state index in [1.54, 1.807) is 0 Å². The lowest BCUT2D eigenvalue weighted by Gasteiger charge is -2.33. The molecule has 2 unspecified atom stereocenters. The molecule has 0 aromatic rings. The molecule has 1 saturated carbocycles. The van der Waals surface area contributed by atoms with Crippen molar-refractivity contribution in [3.05, 3.63) is 0 Å². The fourth-order valence-electron chi connectivity index (χ4n) is 3.30. The van der Waals surface area contributed by atoms with Crippen LogP contribution in [0.4, 0.5) is 0 Å². The van der Waals surface area contributed by atoms with Crippen molar-refractivity contribution in [3.8, 4) is 0 Å². The van der Waals surface area contributed by atoms with Crippen LogP contribution in [0.2, 0.25) is 0 Å². The molecule has 0 spiro atoms. The van der Waals surface area contributed by atoms with Crippen molar-refractivity contribution in [2.75, 3.05) is 13.1 Å². The molecule has 0 aliphatic heterocycles. The number of hydrogen-bond donors (Lipinski definition) is 2. The Morgan fingerprint density at radius 1 is 0.650 bits per heavy atom. The van der Waals surface area contributed by atoms with Crippen LogP contribution in [0.5, 0.6) is 0 Å². The van der Waals surface area contributed by atoms with E-state index in [9.17, 15) is 0 Å². The molecule has 0 bridgehead atoms. The van der Waals surface area contributed by atoms with Crippen LogP contribution in [0.25, 0.3) is 0 Å². The molecule has 1 aliphatic carbocycles.